The number of aromatic nitrogens is 2. The zero-order valence-electron chi connectivity index (χ0n) is 11.7. The molecule has 0 atom stereocenters. The molecule has 5 nitrogen and oxygen atoms in total. The molecule has 2 rings (SSSR count). The van der Waals surface area contributed by atoms with Crippen molar-refractivity contribution in [2.45, 2.75) is 33.4 Å². The molecule has 106 valence electrons. The van der Waals surface area contributed by atoms with E-state index in [0.717, 1.165) is 24.4 Å². The van der Waals surface area contributed by atoms with Crippen LogP contribution in [0.1, 0.15) is 35.6 Å². The van der Waals surface area contributed by atoms with Crippen LogP contribution in [0.2, 0.25) is 0 Å². The number of hydrogen-bond donors (Lipinski definition) is 1. The SMILES string of the molecule is CCc1cc(COc2cccc(C(=O)O)c2)n(CC)n1. The molecular weight excluding hydrogens is 256 g/mol. The predicted molar refractivity (Wildman–Crippen MR) is 75.0 cm³/mol. The second-order valence-electron chi connectivity index (χ2n) is 4.42. The molecule has 0 aliphatic carbocycles. The first-order valence-electron chi connectivity index (χ1n) is 6.65. The highest BCUT2D eigenvalue weighted by Crippen LogP contribution is 2.16. The van der Waals surface area contributed by atoms with Gasteiger partial charge in [-0.2, -0.15) is 5.10 Å². The molecule has 0 aliphatic heterocycles. The Labute approximate surface area is 117 Å². The van der Waals surface area contributed by atoms with Gasteiger partial charge in [-0.15, -0.1) is 0 Å². The van der Waals surface area contributed by atoms with E-state index in [9.17, 15) is 4.79 Å². The average molecular weight is 274 g/mol. The van der Waals surface area contributed by atoms with Crippen molar-refractivity contribution in [3.63, 3.8) is 0 Å². The Morgan fingerprint density at radius 1 is 1.35 bits per heavy atom. The van der Waals surface area contributed by atoms with Crippen molar-refractivity contribution in [2.75, 3.05) is 0 Å². The molecule has 2 aromatic rings. The van der Waals surface area contributed by atoms with Crippen LogP contribution in [0.15, 0.2) is 30.3 Å². The fourth-order valence-corrected chi connectivity index (χ4v) is 1.95. The molecule has 0 bridgehead atoms. The molecule has 0 saturated carbocycles. The van der Waals surface area contributed by atoms with E-state index in [2.05, 4.69) is 12.0 Å². The molecule has 0 aliphatic rings. The first-order chi connectivity index (χ1) is 9.63. The van der Waals surface area contributed by atoms with Gasteiger partial charge in [0.05, 0.1) is 17.0 Å². The predicted octanol–water partition coefficient (Wildman–Crippen LogP) is 2.74. The highest BCUT2D eigenvalue weighted by molar-refractivity contribution is 5.87. The van der Waals surface area contributed by atoms with Gasteiger partial charge in [-0.05, 0) is 37.6 Å². The Kier molecular flexibility index (Phi) is 4.40. The Hall–Kier alpha value is -2.30. The van der Waals surface area contributed by atoms with E-state index in [1.807, 2.05) is 17.7 Å². The summed E-state index contributed by atoms with van der Waals surface area (Å²) in [4.78, 5) is 10.9. The number of carboxylic acid groups (broad SMARTS) is 1. The Balaban J connectivity index is 2.10. The molecule has 0 radical (unpaired) electrons. The molecule has 20 heavy (non-hydrogen) atoms. The number of aryl methyl sites for hydroxylation is 2. The van der Waals surface area contributed by atoms with Gasteiger partial charge in [-0.3, -0.25) is 4.68 Å². The molecule has 0 fully saturated rings. The van der Waals surface area contributed by atoms with E-state index in [4.69, 9.17) is 9.84 Å². The summed E-state index contributed by atoms with van der Waals surface area (Å²) in [6.45, 7) is 5.25. The Morgan fingerprint density at radius 2 is 2.15 bits per heavy atom. The quantitative estimate of drug-likeness (QED) is 0.879. The highest BCUT2D eigenvalue weighted by Gasteiger charge is 2.08. The minimum Gasteiger partial charge on any atom is -0.487 e. The zero-order valence-corrected chi connectivity index (χ0v) is 11.7. The van der Waals surface area contributed by atoms with Crippen molar-refractivity contribution < 1.29 is 14.6 Å². The first kappa shape index (κ1) is 14.1. The lowest BCUT2D eigenvalue weighted by molar-refractivity contribution is 0.0696. The second kappa shape index (κ2) is 6.23. The van der Waals surface area contributed by atoms with Crippen LogP contribution in [0.4, 0.5) is 0 Å². The van der Waals surface area contributed by atoms with Crippen molar-refractivity contribution in [3.8, 4) is 5.75 Å². The zero-order chi connectivity index (χ0) is 14.5. The lowest BCUT2D eigenvalue weighted by atomic mass is 10.2. The smallest absolute Gasteiger partial charge is 0.335 e. The molecule has 1 aromatic heterocycles. The molecule has 1 heterocycles. The van der Waals surface area contributed by atoms with Crippen molar-refractivity contribution in [3.05, 3.63) is 47.3 Å². The van der Waals surface area contributed by atoms with E-state index in [-0.39, 0.29) is 5.56 Å². The number of aromatic carboxylic acids is 1. The van der Waals surface area contributed by atoms with Crippen molar-refractivity contribution in [1.82, 2.24) is 9.78 Å². The first-order valence-corrected chi connectivity index (χ1v) is 6.65. The lowest BCUT2D eigenvalue weighted by Gasteiger charge is -2.08. The van der Waals surface area contributed by atoms with Gasteiger partial charge in [0, 0.05) is 6.54 Å². The summed E-state index contributed by atoms with van der Waals surface area (Å²) in [5.74, 6) is -0.408. The van der Waals surface area contributed by atoms with E-state index < -0.39 is 5.97 Å². The number of carbonyl (C=O) groups is 1. The average Bonchev–Trinajstić information content (AvgIpc) is 2.88. The number of carboxylic acids is 1. The van der Waals surface area contributed by atoms with Crippen LogP contribution in [0.5, 0.6) is 5.75 Å². The van der Waals surface area contributed by atoms with Crippen LogP contribution in [0, 0.1) is 0 Å². The third kappa shape index (κ3) is 3.17. The third-order valence-electron chi connectivity index (χ3n) is 3.04. The molecule has 5 heteroatoms. The van der Waals surface area contributed by atoms with E-state index >= 15 is 0 Å². The summed E-state index contributed by atoms with van der Waals surface area (Å²) >= 11 is 0. The maximum absolute atomic E-state index is 10.9. The normalized spacial score (nSPS) is 10.5. The maximum Gasteiger partial charge on any atom is 0.335 e. The van der Waals surface area contributed by atoms with Gasteiger partial charge in [0.1, 0.15) is 12.4 Å². The van der Waals surface area contributed by atoms with Gasteiger partial charge in [0.25, 0.3) is 0 Å². The molecule has 0 amide bonds. The van der Waals surface area contributed by atoms with Crippen LogP contribution < -0.4 is 4.74 Å². The summed E-state index contributed by atoms with van der Waals surface area (Å²) in [5.41, 5.74) is 2.25. The number of ether oxygens (including phenoxy) is 1. The summed E-state index contributed by atoms with van der Waals surface area (Å²) in [6, 6.07) is 8.51. The summed E-state index contributed by atoms with van der Waals surface area (Å²) in [6.07, 6.45) is 0.883. The van der Waals surface area contributed by atoms with E-state index in [1.54, 1.807) is 18.2 Å². The molecular formula is C15H18N2O3. The van der Waals surface area contributed by atoms with Crippen LogP contribution in [-0.4, -0.2) is 20.9 Å². The van der Waals surface area contributed by atoms with Gasteiger partial charge in [-0.1, -0.05) is 13.0 Å². The molecule has 0 spiro atoms. The van der Waals surface area contributed by atoms with E-state index in [0.29, 0.717) is 12.4 Å². The molecule has 0 unspecified atom stereocenters. The van der Waals surface area contributed by atoms with Gasteiger partial charge >= 0.3 is 5.97 Å². The van der Waals surface area contributed by atoms with Crippen LogP contribution >= 0.6 is 0 Å². The number of rotatable bonds is 6. The summed E-state index contributed by atoms with van der Waals surface area (Å²) in [7, 11) is 0. The topological polar surface area (TPSA) is 64.3 Å². The summed E-state index contributed by atoms with van der Waals surface area (Å²) in [5, 5.41) is 13.4. The minimum absolute atomic E-state index is 0.223. The third-order valence-corrected chi connectivity index (χ3v) is 3.04. The van der Waals surface area contributed by atoms with Gasteiger partial charge < -0.3 is 9.84 Å². The van der Waals surface area contributed by atoms with Crippen molar-refractivity contribution in [1.29, 1.82) is 0 Å². The van der Waals surface area contributed by atoms with Crippen molar-refractivity contribution >= 4 is 5.97 Å². The number of hydrogen-bond acceptors (Lipinski definition) is 3. The minimum atomic E-state index is -0.956. The number of benzene rings is 1. The van der Waals surface area contributed by atoms with Gasteiger partial charge in [0.2, 0.25) is 0 Å². The monoisotopic (exact) mass is 274 g/mol. The molecule has 1 aromatic carbocycles. The largest absolute Gasteiger partial charge is 0.487 e. The Bertz CT molecular complexity index is 605. The van der Waals surface area contributed by atoms with Crippen molar-refractivity contribution in [2.24, 2.45) is 0 Å². The molecule has 0 saturated heterocycles. The fourth-order valence-electron chi connectivity index (χ4n) is 1.95. The second-order valence-corrected chi connectivity index (χ2v) is 4.42. The number of nitrogens with zero attached hydrogens (tertiary/aromatic N) is 2. The van der Waals surface area contributed by atoms with E-state index in [1.165, 1.54) is 6.07 Å². The summed E-state index contributed by atoms with van der Waals surface area (Å²) < 4.78 is 7.56. The maximum atomic E-state index is 10.9. The van der Waals surface area contributed by atoms with Gasteiger partial charge in [0.15, 0.2) is 0 Å². The van der Waals surface area contributed by atoms with Crippen LogP contribution in [0.3, 0.4) is 0 Å². The van der Waals surface area contributed by atoms with Crippen LogP contribution in [0.25, 0.3) is 0 Å². The van der Waals surface area contributed by atoms with Crippen LogP contribution in [-0.2, 0) is 19.6 Å². The molecule has 1 N–H and O–H groups in total. The highest BCUT2D eigenvalue weighted by atomic mass is 16.5. The lowest BCUT2D eigenvalue weighted by Crippen LogP contribution is -2.06. The fraction of sp³-hybridized carbons (Fsp3) is 0.333. The van der Waals surface area contributed by atoms with Gasteiger partial charge in [-0.25, -0.2) is 4.79 Å². The Morgan fingerprint density at radius 3 is 2.80 bits per heavy atom. The standard InChI is InChI=1S/C15H18N2O3/c1-3-12-9-13(17(4-2)16-12)10-20-14-7-5-6-11(8-14)15(18)19/h5-9H,3-4,10H2,1-2H3,(H,18,19).